The van der Waals surface area contributed by atoms with Gasteiger partial charge in [-0.25, -0.2) is 9.37 Å². The number of pyridine rings is 2. The topological polar surface area (TPSA) is 45.8 Å². The van der Waals surface area contributed by atoms with Crippen LogP contribution in [0.15, 0.2) is 65.6 Å². The van der Waals surface area contributed by atoms with Crippen LogP contribution in [0.1, 0.15) is 11.1 Å². The zero-order valence-electron chi connectivity index (χ0n) is 12.2. The van der Waals surface area contributed by atoms with E-state index in [0.717, 1.165) is 16.3 Å². The lowest BCUT2D eigenvalue weighted by molar-refractivity contribution is 0.614. The predicted octanol–water partition coefficient (Wildman–Crippen LogP) is 3.81. The minimum Gasteiger partial charge on any atom is -0.306 e. The quantitative estimate of drug-likeness (QED) is 0.572. The van der Waals surface area contributed by atoms with Crippen molar-refractivity contribution in [3.8, 4) is 0 Å². The van der Waals surface area contributed by atoms with Crippen LogP contribution in [0.4, 0.5) is 4.39 Å². The zero-order chi connectivity index (χ0) is 15.8. The molecule has 0 amide bonds. The van der Waals surface area contributed by atoms with Crippen LogP contribution in [0.5, 0.6) is 0 Å². The lowest BCUT2D eigenvalue weighted by Gasteiger charge is -2.07. The molecular formula is C19H13FN2O. The highest BCUT2D eigenvalue weighted by atomic mass is 19.1. The van der Waals surface area contributed by atoms with Crippen LogP contribution in [-0.2, 0) is 6.42 Å². The lowest BCUT2D eigenvalue weighted by Crippen LogP contribution is -2.07. The van der Waals surface area contributed by atoms with Crippen molar-refractivity contribution in [3.63, 3.8) is 0 Å². The maximum Gasteiger partial charge on any atom is 0.257 e. The molecule has 23 heavy (non-hydrogen) atoms. The Kier molecular flexibility index (Phi) is 3.15. The third-order valence-electron chi connectivity index (χ3n) is 4.01. The monoisotopic (exact) mass is 304 g/mol. The highest BCUT2D eigenvalue weighted by Crippen LogP contribution is 2.22. The van der Waals surface area contributed by atoms with Gasteiger partial charge in [-0.15, -0.1) is 0 Å². The van der Waals surface area contributed by atoms with E-state index in [2.05, 4.69) is 9.97 Å². The van der Waals surface area contributed by atoms with Crippen molar-refractivity contribution in [1.29, 1.82) is 0 Å². The third-order valence-corrected chi connectivity index (χ3v) is 4.01. The molecule has 0 saturated heterocycles. The van der Waals surface area contributed by atoms with Crippen LogP contribution in [0.3, 0.4) is 0 Å². The Morgan fingerprint density at radius 3 is 2.70 bits per heavy atom. The largest absolute Gasteiger partial charge is 0.306 e. The van der Waals surface area contributed by atoms with Gasteiger partial charge in [0.15, 0.2) is 0 Å². The molecular weight excluding hydrogens is 291 g/mol. The number of aromatic nitrogens is 2. The molecule has 4 rings (SSSR count). The number of nitrogens with zero attached hydrogens (tertiary/aromatic N) is 1. The maximum absolute atomic E-state index is 13.8. The lowest BCUT2D eigenvalue weighted by atomic mass is 10.0. The molecule has 2 heterocycles. The highest BCUT2D eigenvalue weighted by molar-refractivity contribution is 6.04. The number of aromatic amines is 1. The minimum absolute atomic E-state index is 0.179. The van der Waals surface area contributed by atoms with Crippen molar-refractivity contribution in [1.82, 2.24) is 9.97 Å². The van der Waals surface area contributed by atoms with Crippen LogP contribution < -0.4 is 5.56 Å². The van der Waals surface area contributed by atoms with Crippen LogP contribution in [-0.4, -0.2) is 9.97 Å². The molecule has 0 saturated carbocycles. The fourth-order valence-corrected chi connectivity index (χ4v) is 2.88. The molecule has 1 N–H and O–H groups in total. The van der Waals surface area contributed by atoms with Gasteiger partial charge in [-0.05, 0) is 40.8 Å². The summed E-state index contributed by atoms with van der Waals surface area (Å²) in [5, 5.41) is 2.35. The Labute approximate surface area is 131 Å². The number of hydrogen-bond acceptors (Lipinski definition) is 2. The molecule has 2 aromatic carbocycles. The predicted molar refractivity (Wildman–Crippen MR) is 89.1 cm³/mol. The van der Waals surface area contributed by atoms with Gasteiger partial charge < -0.3 is 4.98 Å². The van der Waals surface area contributed by atoms with Gasteiger partial charge in [0.1, 0.15) is 11.5 Å². The number of benzene rings is 2. The average molecular weight is 304 g/mol. The molecule has 2 aromatic heterocycles. The Morgan fingerprint density at radius 1 is 0.957 bits per heavy atom. The van der Waals surface area contributed by atoms with E-state index >= 15 is 0 Å². The first kappa shape index (κ1) is 13.6. The van der Waals surface area contributed by atoms with Crippen molar-refractivity contribution in [3.05, 3.63) is 88.1 Å². The van der Waals surface area contributed by atoms with Gasteiger partial charge >= 0.3 is 0 Å². The van der Waals surface area contributed by atoms with E-state index in [1.807, 2.05) is 36.4 Å². The van der Waals surface area contributed by atoms with Crippen molar-refractivity contribution < 1.29 is 4.39 Å². The molecule has 112 valence electrons. The number of fused-ring (bicyclic) bond motifs is 3. The molecule has 0 aliphatic rings. The van der Waals surface area contributed by atoms with E-state index in [1.54, 1.807) is 18.3 Å². The van der Waals surface area contributed by atoms with E-state index in [0.29, 0.717) is 23.0 Å². The fraction of sp³-hybridized carbons (Fsp3) is 0.0526. The summed E-state index contributed by atoms with van der Waals surface area (Å²) in [6, 6.07) is 16.1. The van der Waals surface area contributed by atoms with Gasteiger partial charge in [-0.2, -0.15) is 0 Å². The molecule has 0 aliphatic carbocycles. The van der Waals surface area contributed by atoms with Gasteiger partial charge in [0.05, 0.1) is 0 Å². The minimum atomic E-state index is -0.232. The molecule has 4 aromatic rings. The summed E-state index contributed by atoms with van der Waals surface area (Å²) >= 11 is 0. The highest BCUT2D eigenvalue weighted by Gasteiger charge is 2.08. The fourth-order valence-electron chi connectivity index (χ4n) is 2.88. The van der Waals surface area contributed by atoms with Gasteiger partial charge in [0.2, 0.25) is 0 Å². The number of H-pyrrole nitrogens is 1. The normalized spacial score (nSPS) is 11.2. The molecule has 0 spiro atoms. The van der Waals surface area contributed by atoms with E-state index in [9.17, 15) is 9.18 Å². The summed E-state index contributed by atoms with van der Waals surface area (Å²) in [6.45, 7) is 0. The second kappa shape index (κ2) is 5.32. The maximum atomic E-state index is 13.8. The van der Waals surface area contributed by atoms with Gasteiger partial charge in [0.25, 0.3) is 5.56 Å². The molecule has 0 fully saturated rings. The summed E-state index contributed by atoms with van der Waals surface area (Å²) in [4.78, 5) is 19.3. The van der Waals surface area contributed by atoms with E-state index in [-0.39, 0.29) is 11.4 Å². The first-order valence-electron chi connectivity index (χ1n) is 7.35. The molecule has 0 bridgehead atoms. The number of rotatable bonds is 2. The molecule has 3 nitrogen and oxygen atoms in total. The van der Waals surface area contributed by atoms with Gasteiger partial charge in [0, 0.05) is 23.4 Å². The number of nitrogens with one attached hydrogen (secondary N) is 1. The molecule has 4 heteroatoms. The Morgan fingerprint density at radius 2 is 1.83 bits per heavy atom. The van der Waals surface area contributed by atoms with Crippen LogP contribution in [0.25, 0.3) is 21.8 Å². The van der Waals surface area contributed by atoms with Crippen LogP contribution in [0, 0.1) is 5.82 Å². The molecule has 0 radical (unpaired) electrons. The first-order valence-corrected chi connectivity index (χ1v) is 7.35. The zero-order valence-corrected chi connectivity index (χ0v) is 12.2. The molecule has 0 unspecified atom stereocenters. The Bertz CT molecular complexity index is 1090. The van der Waals surface area contributed by atoms with Gasteiger partial charge in [-0.3, -0.25) is 4.79 Å². The second-order valence-electron chi connectivity index (χ2n) is 5.50. The smallest absolute Gasteiger partial charge is 0.257 e. The standard InChI is InChI=1S/C19H13FN2O/c20-17-6-2-1-4-13(17)10-12-7-8-14-15-5-3-9-21-18(15)22-19(23)16(14)11-12/h1-9,11H,10H2,(H,21,22,23). The van der Waals surface area contributed by atoms with Crippen LogP contribution >= 0.6 is 0 Å². The van der Waals surface area contributed by atoms with Crippen LogP contribution in [0.2, 0.25) is 0 Å². The number of halogens is 1. The summed E-state index contributed by atoms with van der Waals surface area (Å²) in [5.41, 5.74) is 1.91. The first-order chi connectivity index (χ1) is 11.2. The summed E-state index contributed by atoms with van der Waals surface area (Å²) in [6.07, 6.45) is 2.10. The Balaban J connectivity index is 1.88. The van der Waals surface area contributed by atoms with E-state index in [4.69, 9.17) is 0 Å². The van der Waals surface area contributed by atoms with Crippen molar-refractivity contribution in [2.75, 3.05) is 0 Å². The van der Waals surface area contributed by atoms with Crippen molar-refractivity contribution in [2.45, 2.75) is 6.42 Å². The summed E-state index contributed by atoms with van der Waals surface area (Å²) < 4.78 is 13.8. The van der Waals surface area contributed by atoms with E-state index < -0.39 is 0 Å². The number of hydrogen-bond donors (Lipinski definition) is 1. The van der Waals surface area contributed by atoms with Crippen molar-refractivity contribution in [2.24, 2.45) is 0 Å². The Hall–Kier alpha value is -3.01. The SMILES string of the molecule is O=c1[nH]c2ncccc2c2ccc(Cc3ccccc3F)cc12. The van der Waals surface area contributed by atoms with Gasteiger partial charge in [-0.1, -0.05) is 30.3 Å². The third kappa shape index (κ3) is 2.38. The molecule has 0 atom stereocenters. The van der Waals surface area contributed by atoms with Crippen molar-refractivity contribution >= 4 is 21.8 Å². The summed E-state index contributed by atoms with van der Waals surface area (Å²) in [5.74, 6) is -0.232. The second-order valence-corrected chi connectivity index (χ2v) is 5.50. The summed E-state index contributed by atoms with van der Waals surface area (Å²) in [7, 11) is 0. The average Bonchev–Trinajstić information content (AvgIpc) is 2.57. The van der Waals surface area contributed by atoms with E-state index in [1.165, 1.54) is 6.07 Å². The molecule has 0 aliphatic heterocycles.